The van der Waals surface area contributed by atoms with Crippen LogP contribution in [0.5, 0.6) is 0 Å². The van der Waals surface area contributed by atoms with Gasteiger partial charge in [0.15, 0.2) is 0 Å². The zero-order chi connectivity index (χ0) is 18.6. The molecule has 0 spiro atoms. The number of benzene rings is 1. The molecular weight excluding hydrogens is 348 g/mol. The average molecular weight is 377 g/mol. The molecule has 0 heterocycles. The zero-order valence-electron chi connectivity index (χ0n) is 15.7. The van der Waals surface area contributed by atoms with Crippen LogP contribution in [0.3, 0.4) is 0 Å². The number of sulfonamides is 1. The van der Waals surface area contributed by atoms with E-state index in [0.29, 0.717) is 17.5 Å². The molecule has 4 fully saturated rings. The first-order valence-corrected chi connectivity index (χ1v) is 11.0. The lowest BCUT2D eigenvalue weighted by Crippen LogP contribution is -2.49. The van der Waals surface area contributed by atoms with Gasteiger partial charge in [0.25, 0.3) is 0 Å². The molecule has 1 amide bonds. The van der Waals surface area contributed by atoms with Crippen molar-refractivity contribution in [2.24, 2.45) is 29.6 Å². The predicted molar refractivity (Wildman–Crippen MR) is 101 cm³/mol. The Hall–Kier alpha value is -1.40. The summed E-state index contributed by atoms with van der Waals surface area (Å²) in [6.45, 7) is 1.90. The van der Waals surface area contributed by atoms with Crippen molar-refractivity contribution in [1.82, 2.24) is 4.31 Å². The molecule has 1 aromatic rings. The normalized spacial score (nSPS) is 32.8. The summed E-state index contributed by atoms with van der Waals surface area (Å²) in [6.07, 6.45) is 6.14. The molecular formula is C20H28N2O3S. The van der Waals surface area contributed by atoms with Crippen molar-refractivity contribution in [3.63, 3.8) is 0 Å². The largest absolute Gasteiger partial charge is 0.326 e. The standard InChI is InChI=1S/C20H28N2O3S/c1-12-4-5-17(26(24,25)22(2)3)11-18(12)21-20(23)19-15-7-13-6-14(9-15)10-16(19)8-13/h4-5,11,13-16,19H,6-10H2,1-3H3,(H,21,23). The summed E-state index contributed by atoms with van der Waals surface area (Å²) < 4.78 is 26.0. The Bertz CT molecular complexity index is 803. The molecule has 4 saturated carbocycles. The Morgan fingerprint density at radius 1 is 1.04 bits per heavy atom. The molecule has 4 aliphatic rings. The number of nitrogens with zero attached hydrogens (tertiary/aromatic N) is 1. The maximum Gasteiger partial charge on any atom is 0.242 e. The fraction of sp³-hybridized carbons (Fsp3) is 0.650. The quantitative estimate of drug-likeness (QED) is 0.877. The number of carbonyl (C=O) groups is 1. The SMILES string of the molecule is Cc1ccc(S(=O)(=O)N(C)C)cc1NC(=O)C1C2CC3CC(C2)CC1C3. The molecule has 0 saturated heterocycles. The first-order valence-electron chi connectivity index (χ1n) is 9.59. The van der Waals surface area contributed by atoms with E-state index in [9.17, 15) is 13.2 Å². The van der Waals surface area contributed by atoms with E-state index in [1.165, 1.54) is 50.5 Å². The Labute approximate surface area is 156 Å². The highest BCUT2D eigenvalue weighted by atomic mass is 32.2. The second-order valence-corrected chi connectivity index (χ2v) is 10.9. The van der Waals surface area contributed by atoms with Gasteiger partial charge >= 0.3 is 0 Å². The fourth-order valence-corrected chi connectivity index (χ4v) is 6.60. The second-order valence-electron chi connectivity index (χ2n) is 8.71. The number of aryl methyl sites for hydroxylation is 1. The van der Waals surface area contributed by atoms with Crippen LogP contribution in [0, 0.1) is 36.5 Å². The average Bonchev–Trinajstić information content (AvgIpc) is 2.55. The van der Waals surface area contributed by atoms with Crippen molar-refractivity contribution < 1.29 is 13.2 Å². The number of amides is 1. The first-order chi connectivity index (χ1) is 12.3. The molecule has 5 rings (SSSR count). The summed E-state index contributed by atoms with van der Waals surface area (Å²) in [5.41, 5.74) is 1.51. The van der Waals surface area contributed by atoms with Crippen LogP contribution in [-0.4, -0.2) is 32.7 Å². The first kappa shape index (κ1) is 18.0. The van der Waals surface area contributed by atoms with Gasteiger partial charge in [-0.25, -0.2) is 12.7 Å². The molecule has 26 heavy (non-hydrogen) atoms. The minimum Gasteiger partial charge on any atom is -0.326 e. The topological polar surface area (TPSA) is 66.5 Å². The number of carbonyl (C=O) groups excluding carboxylic acids is 1. The van der Waals surface area contributed by atoms with E-state index in [2.05, 4.69) is 5.32 Å². The van der Waals surface area contributed by atoms with Crippen LogP contribution in [0.15, 0.2) is 23.1 Å². The third kappa shape index (κ3) is 2.97. The van der Waals surface area contributed by atoms with E-state index >= 15 is 0 Å². The van der Waals surface area contributed by atoms with Gasteiger partial charge in [-0.3, -0.25) is 4.79 Å². The Morgan fingerprint density at radius 2 is 1.62 bits per heavy atom. The van der Waals surface area contributed by atoms with E-state index < -0.39 is 10.0 Å². The Kier molecular flexibility index (Phi) is 4.39. The van der Waals surface area contributed by atoms with Gasteiger partial charge in [0.1, 0.15) is 0 Å². The Morgan fingerprint density at radius 3 is 2.15 bits per heavy atom. The van der Waals surface area contributed by atoms with Gasteiger partial charge < -0.3 is 5.32 Å². The summed E-state index contributed by atoms with van der Waals surface area (Å²) in [5, 5.41) is 3.07. The van der Waals surface area contributed by atoms with Crippen molar-refractivity contribution in [1.29, 1.82) is 0 Å². The molecule has 142 valence electrons. The van der Waals surface area contributed by atoms with Crippen molar-refractivity contribution in [3.8, 4) is 0 Å². The molecule has 0 radical (unpaired) electrons. The molecule has 0 unspecified atom stereocenters. The fourth-order valence-electron chi connectivity index (χ4n) is 5.68. The van der Waals surface area contributed by atoms with Gasteiger partial charge in [-0.05, 0) is 80.4 Å². The van der Waals surface area contributed by atoms with Crippen LogP contribution in [0.25, 0.3) is 0 Å². The van der Waals surface area contributed by atoms with E-state index in [1.807, 2.05) is 6.92 Å². The van der Waals surface area contributed by atoms with Crippen molar-refractivity contribution in [2.45, 2.75) is 43.9 Å². The number of hydrogen-bond donors (Lipinski definition) is 1. The molecule has 4 bridgehead atoms. The number of nitrogens with one attached hydrogen (secondary N) is 1. The van der Waals surface area contributed by atoms with Gasteiger partial charge in [-0.1, -0.05) is 6.07 Å². The molecule has 0 aliphatic heterocycles. The zero-order valence-corrected chi connectivity index (χ0v) is 16.6. The van der Waals surface area contributed by atoms with E-state index in [0.717, 1.165) is 17.4 Å². The van der Waals surface area contributed by atoms with Gasteiger partial charge in [-0.2, -0.15) is 0 Å². The molecule has 1 aromatic carbocycles. The molecule has 1 N–H and O–H groups in total. The minimum atomic E-state index is -3.51. The van der Waals surface area contributed by atoms with Gasteiger partial charge in [0.05, 0.1) is 4.90 Å². The van der Waals surface area contributed by atoms with Crippen LogP contribution in [0.4, 0.5) is 5.69 Å². The highest BCUT2D eigenvalue weighted by molar-refractivity contribution is 7.89. The maximum absolute atomic E-state index is 13.1. The van der Waals surface area contributed by atoms with E-state index in [4.69, 9.17) is 0 Å². The summed E-state index contributed by atoms with van der Waals surface area (Å²) in [6, 6.07) is 4.96. The smallest absolute Gasteiger partial charge is 0.242 e. The van der Waals surface area contributed by atoms with Crippen LogP contribution >= 0.6 is 0 Å². The van der Waals surface area contributed by atoms with Gasteiger partial charge in [0, 0.05) is 25.7 Å². The lowest BCUT2D eigenvalue weighted by Gasteiger charge is -2.53. The third-order valence-corrected chi connectivity index (χ3v) is 8.59. The molecule has 0 atom stereocenters. The van der Waals surface area contributed by atoms with Crippen molar-refractivity contribution in [3.05, 3.63) is 23.8 Å². The summed E-state index contributed by atoms with van der Waals surface area (Å²) in [5.74, 6) is 2.87. The Balaban J connectivity index is 1.57. The van der Waals surface area contributed by atoms with Crippen molar-refractivity contribution >= 4 is 21.6 Å². The highest BCUT2D eigenvalue weighted by Crippen LogP contribution is 2.56. The second kappa shape index (κ2) is 6.34. The third-order valence-electron chi connectivity index (χ3n) is 6.77. The van der Waals surface area contributed by atoms with Crippen LogP contribution in [0.2, 0.25) is 0 Å². The lowest BCUT2D eigenvalue weighted by molar-refractivity contribution is -0.132. The highest BCUT2D eigenvalue weighted by Gasteiger charge is 2.50. The van der Waals surface area contributed by atoms with Gasteiger partial charge in [0.2, 0.25) is 15.9 Å². The monoisotopic (exact) mass is 376 g/mol. The predicted octanol–water partition coefficient (Wildman–Crippen LogP) is 3.26. The van der Waals surface area contributed by atoms with Gasteiger partial charge in [-0.15, -0.1) is 0 Å². The number of anilines is 1. The van der Waals surface area contributed by atoms with Crippen LogP contribution in [0.1, 0.15) is 37.7 Å². The van der Waals surface area contributed by atoms with Crippen LogP contribution in [-0.2, 0) is 14.8 Å². The summed E-state index contributed by atoms with van der Waals surface area (Å²) in [7, 11) is -0.480. The van der Waals surface area contributed by atoms with Crippen molar-refractivity contribution in [2.75, 3.05) is 19.4 Å². The molecule has 6 heteroatoms. The molecule has 4 aliphatic carbocycles. The van der Waals surface area contributed by atoms with E-state index in [1.54, 1.807) is 18.2 Å². The number of rotatable bonds is 4. The summed E-state index contributed by atoms with van der Waals surface area (Å²) >= 11 is 0. The number of hydrogen-bond acceptors (Lipinski definition) is 3. The molecule has 0 aromatic heterocycles. The maximum atomic E-state index is 13.1. The minimum absolute atomic E-state index is 0.0845. The summed E-state index contributed by atoms with van der Waals surface area (Å²) in [4.78, 5) is 13.3. The van der Waals surface area contributed by atoms with Crippen LogP contribution < -0.4 is 5.32 Å². The van der Waals surface area contributed by atoms with E-state index in [-0.39, 0.29) is 16.7 Å². The lowest BCUT2D eigenvalue weighted by atomic mass is 9.51. The molecule has 5 nitrogen and oxygen atoms in total.